The fourth-order valence-corrected chi connectivity index (χ4v) is 5.78. The highest BCUT2D eigenvalue weighted by Gasteiger charge is 2.37. The van der Waals surface area contributed by atoms with E-state index in [4.69, 9.17) is 23.2 Å². The summed E-state index contributed by atoms with van der Waals surface area (Å²) in [6.45, 7) is 5.70. The summed E-state index contributed by atoms with van der Waals surface area (Å²) in [7, 11) is -4.56. The van der Waals surface area contributed by atoms with Gasteiger partial charge in [-0.2, -0.15) is 13.2 Å². The molecule has 0 aromatic heterocycles. The highest BCUT2D eigenvalue weighted by molar-refractivity contribution is 7.92. The number of carbonyl (C=O) groups excluding carboxylic acids is 2. The molecule has 3 rings (SSSR count). The van der Waals surface area contributed by atoms with Gasteiger partial charge in [0, 0.05) is 17.6 Å². The van der Waals surface area contributed by atoms with E-state index in [1.54, 1.807) is 45.0 Å². The van der Waals surface area contributed by atoms with Gasteiger partial charge in [-0.1, -0.05) is 53.0 Å². The molecule has 3 aromatic rings. The number of anilines is 1. The van der Waals surface area contributed by atoms with Crippen molar-refractivity contribution in [1.29, 1.82) is 0 Å². The van der Waals surface area contributed by atoms with Crippen molar-refractivity contribution in [2.45, 2.75) is 57.4 Å². The summed E-state index contributed by atoms with van der Waals surface area (Å²) in [6, 6.07) is 13.4. The number of alkyl halides is 3. The molecule has 3 aromatic carbocycles. The molecule has 0 saturated carbocycles. The van der Waals surface area contributed by atoms with Gasteiger partial charge in [0.1, 0.15) is 12.6 Å². The molecule has 7 nitrogen and oxygen atoms in total. The van der Waals surface area contributed by atoms with Crippen LogP contribution < -0.4 is 9.62 Å². The van der Waals surface area contributed by atoms with E-state index in [1.807, 2.05) is 0 Å². The van der Waals surface area contributed by atoms with Crippen molar-refractivity contribution in [3.8, 4) is 0 Å². The second-order valence-corrected chi connectivity index (χ2v) is 12.7. The van der Waals surface area contributed by atoms with E-state index in [0.29, 0.717) is 21.0 Å². The first-order valence-corrected chi connectivity index (χ1v) is 15.0. The molecular weight excluding hydrogens is 614 g/mol. The molecule has 1 N–H and O–H groups in total. The number of sulfonamides is 1. The Labute approximate surface area is 253 Å². The van der Waals surface area contributed by atoms with Crippen LogP contribution >= 0.6 is 23.2 Å². The maximum Gasteiger partial charge on any atom is 0.417 e. The Balaban J connectivity index is 2.12. The standard InChI is InChI=1S/C29H30Cl2F3N3O4S/c1-18(2)35-28(39)20(4)36(16-21-7-9-22(30)10-8-21)27(38)17-37(42(40,41)24-12-5-19(3)6-13-24)23-11-14-26(31)25(15-23)29(32,33)34/h5-15,18,20H,16-17H2,1-4H3,(H,35,39). The number of aryl methyl sites for hydroxylation is 1. The Morgan fingerprint density at radius 3 is 2.07 bits per heavy atom. The number of carbonyl (C=O) groups is 2. The predicted octanol–water partition coefficient (Wildman–Crippen LogP) is 6.46. The van der Waals surface area contributed by atoms with Gasteiger partial charge in [-0.3, -0.25) is 13.9 Å². The first-order valence-electron chi connectivity index (χ1n) is 12.8. The van der Waals surface area contributed by atoms with Crippen molar-refractivity contribution in [3.63, 3.8) is 0 Å². The van der Waals surface area contributed by atoms with E-state index in [0.717, 1.165) is 17.7 Å². The minimum absolute atomic E-state index is 0.102. The van der Waals surface area contributed by atoms with Gasteiger partial charge in [0.25, 0.3) is 10.0 Å². The van der Waals surface area contributed by atoms with Crippen molar-refractivity contribution in [2.24, 2.45) is 0 Å². The number of amides is 2. The summed E-state index contributed by atoms with van der Waals surface area (Å²) in [4.78, 5) is 27.7. The van der Waals surface area contributed by atoms with Crippen LogP contribution in [-0.2, 0) is 32.3 Å². The first kappa shape index (κ1) is 33.2. The average Bonchev–Trinajstić information content (AvgIpc) is 2.90. The Kier molecular flexibility index (Phi) is 10.6. The molecule has 0 fully saturated rings. The number of hydrogen-bond donors (Lipinski definition) is 1. The van der Waals surface area contributed by atoms with Crippen molar-refractivity contribution in [3.05, 3.63) is 93.5 Å². The largest absolute Gasteiger partial charge is 0.417 e. The Morgan fingerprint density at radius 2 is 1.52 bits per heavy atom. The van der Waals surface area contributed by atoms with Gasteiger partial charge in [-0.25, -0.2) is 8.42 Å². The first-order chi connectivity index (χ1) is 19.5. The van der Waals surface area contributed by atoms with Crippen LogP contribution in [0, 0.1) is 6.92 Å². The molecule has 0 aliphatic heterocycles. The van der Waals surface area contributed by atoms with Gasteiger partial charge in [-0.15, -0.1) is 0 Å². The summed E-state index contributed by atoms with van der Waals surface area (Å²) >= 11 is 11.8. The van der Waals surface area contributed by atoms with Crippen molar-refractivity contribution >= 4 is 50.7 Å². The summed E-state index contributed by atoms with van der Waals surface area (Å²) in [5.74, 6) is -1.32. The van der Waals surface area contributed by atoms with Crippen LogP contribution in [0.3, 0.4) is 0 Å². The topological polar surface area (TPSA) is 86.8 Å². The number of rotatable bonds is 10. The van der Waals surface area contributed by atoms with E-state index in [1.165, 1.54) is 36.1 Å². The fraction of sp³-hybridized carbons (Fsp3) is 0.310. The van der Waals surface area contributed by atoms with Gasteiger partial charge in [0.15, 0.2) is 0 Å². The molecule has 226 valence electrons. The predicted molar refractivity (Wildman–Crippen MR) is 157 cm³/mol. The number of benzene rings is 3. The zero-order valence-electron chi connectivity index (χ0n) is 23.2. The molecule has 1 unspecified atom stereocenters. The molecule has 0 spiro atoms. The normalized spacial score (nSPS) is 12.6. The van der Waals surface area contributed by atoms with Crippen LogP contribution in [0.2, 0.25) is 10.0 Å². The summed E-state index contributed by atoms with van der Waals surface area (Å²) in [5, 5.41) is 2.54. The van der Waals surface area contributed by atoms with Crippen molar-refractivity contribution < 1.29 is 31.2 Å². The quantitative estimate of drug-likeness (QED) is 0.275. The second kappa shape index (κ2) is 13.4. The molecule has 13 heteroatoms. The minimum atomic E-state index is -4.89. The van der Waals surface area contributed by atoms with Crippen molar-refractivity contribution in [1.82, 2.24) is 10.2 Å². The zero-order chi connectivity index (χ0) is 31.4. The van der Waals surface area contributed by atoms with Crippen LogP contribution in [0.1, 0.15) is 37.5 Å². The van der Waals surface area contributed by atoms with E-state index < -0.39 is 56.9 Å². The molecule has 0 heterocycles. The Hall–Kier alpha value is -3.28. The smallest absolute Gasteiger partial charge is 0.352 e. The summed E-state index contributed by atoms with van der Waals surface area (Å²) in [5.41, 5.74) is -0.343. The monoisotopic (exact) mass is 643 g/mol. The highest BCUT2D eigenvalue weighted by atomic mass is 35.5. The van der Waals surface area contributed by atoms with Crippen LogP contribution in [0.5, 0.6) is 0 Å². The SMILES string of the molecule is Cc1ccc(S(=O)(=O)N(CC(=O)N(Cc2ccc(Cl)cc2)C(C)C(=O)NC(C)C)c2ccc(Cl)c(C(F)(F)F)c2)cc1. The maximum atomic E-state index is 13.9. The Morgan fingerprint density at radius 1 is 0.929 bits per heavy atom. The highest BCUT2D eigenvalue weighted by Crippen LogP contribution is 2.38. The molecule has 0 saturated heterocycles. The van der Waals surface area contributed by atoms with Gasteiger partial charge in [0.05, 0.1) is 21.2 Å². The molecule has 0 aliphatic carbocycles. The number of nitrogens with one attached hydrogen (secondary N) is 1. The average molecular weight is 645 g/mol. The third-order valence-corrected chi connectivity index (χ3v) is 8.67. The van der Waals surface area contributed by atoms with Crippen LogP contribution in [-0.4, -0.2) is 43.8 Å². The number of halogens is 5. The van der Waals surface area contributed by atoms with Crippen LogP contribution in [0.25, 0.3) is 0 Å². The molecule has 1 atom stereocenters. The lowest BCUT2D eigenvalue weighted by atomic mass is 10.1. The molecule has 0 bridgehead atoms. The molecule has 0 aliphatic rings. The van der Waals surface area contributed by atoms with Gasteiger partial charge in [-0.05, 0) is 75.7 Å². The number of nitrogens with zero attached hydrogens (tertiary/aromatic N) is 2. The van der Waals surface area contributed by atoms with E-state index in [9.17, 15) is 31.2 Å². The fourth-order valence-electron chi connectivity index (χ4n) is 4.03. The second-order valence-electron chi connectivity index (χ2n) is 9.97. The van der Waals surface area contributed by atoms with Crippen LogP contribution in [0.15, 0.2) is 71.6 Å². The Bertz CT molecular complexity index is 1530. The van der Waals surface area contributed by atoms with E-state index in [2.05, 4.69) is 5.32 Å². The van der Waals surface area contributed by atoms with Gasteiger partial charge in [0.2, 0.25) is 11.8 Å². The zero-order valence-corrected chi connectivity index (χ0v) is 25.6. The van der Waals surface area contributed by atoms with Crippen LogP contribution in [0.4, 0.5) is 18.9 Å². The summed E-state index contributed by atoms with van der Waals surface area (Å²) in [6.07, 6.45) is -4.89. The molecule has 2 amide bonds. The van der Waals surface area contributed by atoms with E-state index in [-0.39, 0.29) is 17.5 Å². The third-order valence-electron chi connectivity index (χ3n) is 6.30. The molecule has 0 radical (unpaired) electrons. The minimum Gasteiger partial charge on any atom is -0.352 e. The lowest BCUT2D eigenvalue weighted by Crippen LogP contribution is -2.52. The maximum absolute atomic E-state index is 13.9. The van der Waals surface area contributed by atoms with Gasteiger partial charge < -0.3 is 10.2 Å². The molecular formula is C29H30Cl2F3N3O4S. The summed E-state index contributed by atoms with van der Waals surface area (Å²) < 4.78 is 69.5. The van der Waals surface area contributed by atoms with Gasteiger partial charge >= 0.3 is 6.18 Å². The number of hydrogen-bond acceptors (Lipinski definition) is 4. The lowest BCUT2D eigenvalue weighted by Gasteiger charge is -2.32. The van der Waals surface area contributed by atoms with Crippen molar-refractivity contribution in [2.75, 3.05) is 10.8 Å². The molecule has 42 heavy (non-hydrogen) atoms. The lowest BCUT2D eigenvalue weighted by molar-refractivity contribution is -0.139. The van der Waals surface area contributed by atoms with E-state index >= 15 is 0 Å². The third kappa shape index (κ3) is 8.17.